The topological polar surface area (TPSA) is 28.7 Å². The van der Waals surface area contributed by atoms with E-state index in [0.29, 0.717) is 0 Å². The first-order valence-corrected chi connectivity index (χ1v) is 4.83. The summed E-state index contributed by atoms with van der Waals surface area (Å²) >= 11 is 0. The van der Waals surface area contributed by atoms with Crippen LogP contribution in [0.2, 0.25) is 0 Å². The van der Waals surface area contributed by atoms with E-state index in [1.807, 2.05) is 0 Å². The van der Waals surface area contributed by atoms with E-state index in [1.165, 1.54) is 31.4 Å². The van der Waals surface area contributed by atoms with E-state index in [1.54, 1.807) is 6.33 Å². The van der Waals surface area contributed by atoms with Crippen molar-refractivity contribution in [2.24, 2.45) is 0 Å². The molecule has 2 heteroatoms. The average Bonchev–Trinajstić information content (AvgIpc) is 2.46. The van der Waals surface area contributed by atoms with Gasteiger partial charge in [-0.1, -0.05) is 26.2 Å². The quantitative estimate of drug-likeness (QED) is 0.669. The van der Waals surface area contributed by atoms with Crippen molar-refractivity contribution in [1.29, 1.82) is 0 Å². The summed E-state index contributed by atoms with van der Waals surface area (Å²) < 4.78 is 0. The lowest BCUT2D eigenvalue weighted by Gasteiger charge is -1.98. The summed E-state index contributed by atoms with van der Waals surface area (Å²) in [5.41, 5.74) is 2.47. The molecule has 0 atom stereocenters. The van der Waals surface area contributed by atoms with Crippen LogP contribution >= 0.6 is 0 Å². The van der Waals surface area contributed by atoms with E-state index in [0.717, 1.165) is 12.1 Å². The first-order chi connectivity index (χ1) is 5.84. The highest BCUT2D eigenvalue weighted by Gasteiger charge is 1.98. The number of aromatic nitrogens is 2. The third-order valence-electron chi connectivity index (χ3n) is 2.21. The van der Waals surface area contributed by atoms with Crippen molar-refractivity contribution in [1.82, 2.24) is 9.97 Å². The summed E-state index contributed by atoms with van der Waals surface area (Å²) in [5.74, 6) is 0. The normalized spacial score (nSPS) is 10.5. The number of imidazole rings is 1. The van der Waals surface area contributed by atoms with Crippen LogP contribution in [0.1, 0.15) is 44.0 Å². The van der Waals surface area contributed by atoms with Gasteiger partial charge in [-0.25, -0.2) is 4.98 Å². The largest absolute Gasteiger partial charge is 0.348 e. The van der Waals surface area contributed by atoms with Gasteiger partial charge in [0.25, 0.3) is 0 Å². The number of aryl methyl sites for hydroxylation is 2. The van der Waals surface area contributed by atoms with Gasteiger partial charge in [-0.15, -0.1) is 0 Å². The number of aromatic amines is 1. The van der Waals surface area contributed by atoms with E-state index in [-0.39, 0.29) is 0 Å². The van der Waals surface area contributed by atoms with Crippen LogP contribution in [0.3, 0.4) is 0 Å². The second kappa shape index (κ2) is 4.96. The summed E-state index contributed by atoms with van der Waals surface area (Å²) in [6, 6.07) is 0. The molecular formula is C10H18N2. The summed E-state index contributed by atoms with van der Waals surface area (Å²) in [5, 5.41) is 0. The predicted molar refractivity (Wildman–Crippen MR) is 51.2 cm³/mol. The first kappa shape index (κ1) is 9.30. The molecule has 0 aliphatic rings. The average molecular weight is 166 g/mol. The van der Waals surface area contributed by atoms with Gasteiger partial charge in [-0.3, -0.25) is 0 Å². The van der Waals surface area contributed by atoms with Crippen molar-refractivity contribution in [3.05, 3.63) is 17.7 Å². The van der Waals surface area contributed by atoms with Crippen molar-refractivity contribution in [2.75, 3.05) is 0 Å². The van der Waals surface area contributed by atoms with Crippen LogP contribution in [0.25, 0.3) is 0 Å². The number of rotatable bonds is 5. The Bertz CT molecular complexity index is 215. The standard InChI is InChI=1S/C10H18N2/c1-3-4-5-6-7-10-9(2)11-8-12-10/h8H,3-7H2,1-2H3,(H,11,12). The minimum Gasteiger partial charge on any atom is -0.348 e. The maximum atomic E-state index is 4.16. The maximum Gasteiger partial charge on any atom is 0.0925 e. The van der Waals surface area contributed by atoms with E-state index in [4.69, 9.17) is 0 Å². The Morgan fingerprint density at radius 2 is 2.17 bits per heavy atom. The number of H-pyrrole nitrogens is 1. The van der Waals surface area contributed by atoms with Crippen molar-refractivity contribution < 1.29 is 0 Å². The highest BCUT2D eigenvalue weighted by Crippen LogP contribution is 2.07. The molecule has 0 aliphatic carbocycles. The highest BCUT2D eigenvalue weighted by atomic mass is 14.9. The zero-order valence-corrected chi connectivity index (χ0v) is 8.06. The Kier molecular flexibility index (Phi) is 3.85. The van der Waals surface area contributed by atoms with Crippen molar-refractivity contribution in [3.63, 3.8) is 0 Å². The van der Waals surface area contributed by atoms with E-state index in [9.17, 15) is 0 Å². The molecule has 0 bridgehead atoms. The molecule has 2 nitrogen and oxygen atoms in total. The smallest absolute Gasteiger partial charge is 0.0925 e. The van der Waals surface area contributed by atoms with Gasteiger partial charge in [0.2, 0.25) is 0 Å². The van der Waals surface area contributed by atoms with Crippen LogP contribution in [-0.4, -0.2) is 9.97 Å². The monoisotopic (exact) mass is 166 g/mol. The van der Waals surface area contributed by atoms with Crippen LogP contribution in [0.4, 0.5) is 0 Å². The van der Waals surface area contributed by atoms with Gasteiger partial charge >= 0.3 is 0 Å². The molecule has 0 amide bonds. The third-order valence-corrected chi connectivity index (χ3v) is 2.21. The van der Waals surface area contributed by atoms with Gasteiger partial charge in [0.15, 0.2) is 0 Å². The molecule has 0 aromatic carbocycles. The number of hydrogen-bond donors (Lipinski definition) is 1. The van der Waals surface area contributed by atoms with Crippen LogP contribution in [0.15, 0.2) is 6.33 Å². The Balaban J connectivity index is 2.20. The molecule has 0 aliphatic heterocycles. The Morgan fingerprint density at radius 1 is 1.33 bits per heavy atom. The molecule has 0 saturated heterocycles. The lowest BCUT2D eigenvalue weighted by molar-refractivity contribution is 0.660. The zero-order valence-electron chi connectivity index (χ0n) is 8.06. The van der Waals surface area contributed by atoms with Crippen LogP contribution in [0, 0.1) is 6.92 Å². The van der Waals surface area contributed by atoms with Crippen molar-refractivity contribution in [2.45, 2.75) is 46.0 Å². The Morgan fingerprint density at radius 3 is 2.75 bits per heavy atom. The fraction of sp³-hybridized carbons (Fsp3) is 0.700. The van der Waals surface area contributed by atoms with E-state index in [2.05, 4.69) is 23.8 Å². The molecule has 12 heavy (non-hydrogen) atoms. The van der Waals surface area contributed by atoms with E-state index >= 15 is 0 Å². The van der Waals surface area contributed by atoms with Crippen LogP contribution in [-0.2, 0) is 6.42 Å². The van der Waals surface area contributed by atoms with Gasteiger partial charge in [-0.05, 0) is 19.8 Å². The summed E-state index contributed by atoms with van der Waals surface area (Å²) in [7, 11) is 0. The second-order valence-corrected chi connectivity index (χ2v) is 3.28. The fourth-order valence-electron chi connectivity index (χ4n) is 1.37. The summed E-state index contributed by atoms with van der Waals surface area (Å²) in [6.45, 7) is 4.30. The molecule has 1 N–H and O–H groups in total. The number of unbranched alkanes of at least 4 members (excludes halogenated alkanes) is 3. The third kappa shape index (κ3) is 2.68. The zero-order chi connectivity index (χ0) is 8.81. The lowest BCUT2D eigenvalue weighted by Crippen LogP contribution is -1.88. The van der Waals surface area contributed by atoms with Gasteiger partial charge in [0.1, 0.15) is 0 Å². The molecule has 1 heterocycles. The Hall–Kier alpha value is -0.790. The highest BCUT2D eigenvalue weighted by molar-refractivity contribution is 5.08. The Labute approximate surface area is 74.4 Å². The molecule has 0 spiro atoms. The predicted octanol–water partition coefficient (Wildman–Crippen LogP) is 2.84. The first-order valence-electron chi connectivity index (χ1n) is 4.83. The van der Waals surface area contributed by atoms with Gasteiger partial charge < -0.3 is 4.98 Å². The molecule has 1 rings (SSSR count). The maximum absolute atomic E-state index is 4.16. The molecule has 0 radical (unpaired) electrons. The summed E-state index contributed by atoms with van der Waals surface area (Å²) in [6.07, 6.45) is 8.23. The molecular weight excluding hydrogens is 148 g/mol. The van der Waals surface area contributed by atoms with E-state index < -0.39 is 0 Å². The van der Waals surface area contributed by atoms with Crippen LogP contribution < -0.4 is 0 Å². The van der Waals surface area contributed by atoms with Crippen LogP contribution in [0.5, 0.6) is 0 Å². The molecule has 1 aromatic heterocycles. The molecule has 0 saturated carbocycles. The number of nitrogens with one attached hydrogen (secondary N) is 1. The second-order valence-electron chi connectivity index (χ2n) is 3.28. The molecule has 0 unspecified atom stereocenters. The summed E-state index contributed by atoms with van der Waals surface area (Å²) in [4.78, 5) is 7.33. The lowest BCUT2D eigenvalue weighted by atomic mass is 10.1. The van der Waals surface area contributed by atoms with Crippen molar-refractivity contribution in [3.8, 4) is 0 Å². The fourth-order valence-corrected chi connectivity index (χ4v) is 1.37. The minimum absolute atomic E-state index is 1.16. The number of hydrogen-bond acceptors (Lipinski definition) is 1. The minimum atomic E-state index is 1.16. The van der Waals surface area contributed by atoms with Crippen molar-refractivity contribution >= 4 is 0 Å². The van der Waals surface area contributed by atoms with Gasteiger partial charge in [0.05, 0.1) is 12.0 Å². The molecule has 1 aromatic rings. The van der Waals surface area contributed by atoms with Gasteiger partial charge in [0, 0.05) is 5.69 Å². The number of nitrogens with zero attached hydrogens (tertiary/aromatic N) is 1. The SMILES string of the molecule is CCCCCCc1[nH]cnc1C. The van der Waals surface area contributed by atoms with Gasteiger partial charge in [-0.2, -0.15) is 0 Å². The molecule has 68 valence electrons. The molecule has 0 fully saturated rings.